The number of rotatable bonds is 10. The Labute approximate surface area is 236 Å². The van der Waals surface area contributed by atoms with Crippen LogP contribution in [0.25, 0.3) is 27.7 Å². The lowest BCUT2D eigenvalue weighted by atomic mass is 9.91. The van der Waals surface area contributed by atoms with Crippen LogP contribution < -0.4 is 10.6 Å². The van der Waals surface area contributed by atoms with E-state index in [9.17, 15) is 0 Å². The van der Waals surface area contributed by atoms with Gasteiger partial charge in [-0.2, -0.15) is 5.10 Å². The fourth-order valence-electron chi connectivity index (χ4n) is 4.85. The van der Waals surface area contributed by atoms with E-state index in [4.69, 9.17) is 0 Å². The summed E-state index contributed by atoms with van der Waals surface area (Å²) >= 11 is 0. The molecule has 2 heterocycles. The van der Waals surface area contributed by atoms with E-state index in [-0.39, 0.29) is 10.9 Å². The van der Waals surface area contributed by atoms with E-state index in [1.807, 2.05) is 38.1 Å². The number of nitrogens with one attached hydrogen (secondary N) is 3. The number of anilines is 1. The summed E-state index contributed by atoms with van der Waals surface area (Å²) in [4.78, 5) is 4.53. The lowest BCUT2D eigenvalue weighted by molar-refractivity contribution is 0.403. The van der Waals surface area contributed by atoms with Crippen LogP contribution in [0.4, 0.5) is 10.2 Å². The van der Waals surface area contributed by atoms with Crippen molar-refractivity contribution in [3.63, 3.8) is 0 Å². The number of allylic oxidation sites excluding steroid dienone is 9. The summed E-state index contributed by atoms with van der Waals surface area (Å²) in [7, 11) is 0. The Kier molecular flexibility index (Phi) is 8.38. The van der Waals surface area contributed by atoms with Crippen molar-refractivity contribution in [2.24, 2.45) is 5.41 Å². The zero-order valence-electron chi connectivity index (χ0n) is 24.1. The second-order valence-electron chi connectivity index (χ2n) is 11.2. The Morgan fingerprint density at radius 1 is 1.23 bits per heavy atom. The van der Waals surface area contributed by atoms with Gasteiger partial charge >= 0.3 is 0 Å². The molecule has 40 heavy (non-hydrogen) atoms. The highest BCUT2D eigenvalue weighted by Gasteiger charge is 2.17. The predicted octanol–water partition coefficient (Wildman–Crippen LogP) is 8.84. The second-order valence-corrected chi connectivity index (χ2v) is 11.2. The quantitative estimate of drug-likeness (QED) is 0.227. The van der Waals surface area contributed by atoms with Gasteiger partial charge in [-0.15, -0.1) is 0 Å². The zero-order valence-corrected chi connectivity index (χ0v) is 24.1. The number of hydrogen-bond donors (Lipinski definition) is 3. The molecule has 0 radical (unpaired) electrons. The average Bonchev–Trinajstić information content (AvgIpc) is 3.57. The molecule has 0 saturated heterocycles. The molecule has 0 atom stereocenters. The highest BCUT2D eigenvalue weighted by atomic mass is 19.1. The van der Waals surface area contributed by atoms with Crippen LogP contribution in [-0.2, 0) is 0 Å². The summed E-state index contributed by atoms with van der Waals surface area (Å²) in [5, 5.41) is 14.5. The zero-order chi connectivity index (χ0) is 29.0. The number of aromatic nitrogens is 3. The van der Waals surface area contributed by atoms with E-state index >= 15 is 4.39 Å². The van der Waals surface area contributed by atoms with Crippen molar-refractivity contribution in [3.05, 3.63) is 120 Å². The van der Waals surface area contributed by atoms with Crippen LogP contribution in [0.1, 0.15) is 62.9 Å². The molecular weight excluding hydrogens is 497 g/mol. The largest absolute Gasteiger partial charge is 0.359 e. The summed E-state index contributed by atoms with van der Waals surface area (Å²) in [6.45, 7) is 22.8. The van der Waals surface area contributed by atoms with Crippen LogP contribution in [0.3, 0.4) is 0 Å². The predicted molar refractivity (Wildman–Crippen MR) is 168 cm³/mol. The number of fused-ring (bicyclic) bond motifs is 1. The molecule has 0 spiro atoms. The highest BCUT2D eigenvalue weighted by Crippen LogP contribution is 2.32. The van der Waals surface area contributed by atoms with Crippen LogP contribution in [0.5, 0.6) is 0 Å². The van der Waals surface area contributed by atoms with Crippen molar-refractivity contribution < 1.29 is 4.39 Å². The molecule has 206 valence electrons. The number of benzene rings is 1. The molecule has 0 bridgehead atoms. The van der Waals surface area contributed by atoms with E-state index in [0.29, 0.717) is 28.2 Å². The minimum atomic E-state index is -0.419. The standard InChI is InChI=1S/C34H38FN5/c1-9-24(17-27(10-2)37-21(3)20-34(6,7)8)26-18-29-31(39-40-32(29)30(35)19-26)23(5)38-33-22(4)28(15-16-36-33)25-13-11-12-14-25/h9-11,13-19,37H,2-3,5,12,20H2,1,4,6-8H3,(H,36,38)(H,39,40)/b24-9+,27-17+. The fourth-order valence-corrected chi connectivity index (χ4v) is 4.85. The first-order valence-electron chi connectivity index (χ1n) is 13.4. The number of pyridine rings is 1. The Hall–Kier alpha value is -4.45. The number of halogens is 1. The fraction of sp³-hybridized carbons (Fsp3) is 0.235. The Morgan fingerprint density at radius 2 is 2.00 bits per heavy atom. The maximum absolute atomic E-state index is 15.3. The minimum Gasteiger partial charge on any atom is -0.359 e. The van der Waals surface area contributed by atoms with E-state index in [1.54, 1.807) is 12.3 Å². The average molecular weight is 536 g/mol. The number of H-pyrrole nitrogens is 1. The van der Waals surface area contributed by atoms with Gasteiger partial charge < -0.3 is 10.6 Å². The van der Waals surface area contributed by atoms with Gasteiger partial charge in [0.2, 0.25) is 0 Å². The normalized spacial score (nSPS) is 13.9. The van der Waals surface area contributed by atoms with Gasteiger partial charge in [0.25, 0.3) is 0 Å². The number of hydrogen-bond acceptors (Lipinski definition) is 4. The van der Waals surface area contributed by atoms with Gasteiger partial charge in [-0.1, -0.05) is 64.8 Å². The smallest absolute Gasteiger partial charge is 0.151 e. The monoisotopic (exact) mass is 535 g/mol. The number of aromatic amines is 1. The molecule has 0 aliphatic heterocycles. The minimum absolute atomic E-state index is 0.0995. The molecule has 1 aliphatic rings. The molecule has 6 heteroatoms. The summed E-state index contributed by atoms with van der Waals surface area (Å²) < 4.78 is 15.3. The summed E-state index contributed by atoms with van der Waals surface area (Å²) in [5.41, 5.74) is 8.02. The van der Waals surface area contributed by atoms with Crippen LogP contribution in [0.2, 0.25) is 0 Å². The summed E-state index contributed by atoms with van der Waals surface area (Å²) in [6.07, 6.45) is 15.6. The molecule has 0 saturated carbocycles. The SMILES string of the molecule is C=C/C(=C\C(=C/C)c1cc(F)c2n[nH]c(C(=C)Nc3nccc(C4=CCC=C4)c3C)c2c1)NC(=C)CC(C)(C)C. The van der Waals surface area contributed by atoms with E-state index in [0.717, 1.165) is 40.9 Å². The molecule has 4 rings (SSSR count). The van der Waals surface area contributed by atoms with Gasteiger partial charge in [0.05, 0.1) is 11.4 Å². The molecule has 0 fully saturated rings. The van der Waals surface area contributed by atoms with Gasteiger partial charge in [-0.3, -0.25) is 5.10 Å². The van der Waals surface area contributed by atoms with Crippen molar-refractivity contribution >= 4 is 33.6 Å². The lowest BCUT2D eigenvalue weighted by Gasteiger charge is -2.21. The van der Waals surface area contributed by atoms with Crippen LogP contribution in [0.15, 0.2) is 92.0 Å². The van der Waals surface area contributed by atoms with Crippen molar-refractivity contribution in [1.29, 1.82) is 0 Å². The third kappa shape index (κ3) is 6.40. The van der Waals surface area contributed by atoms with Crippen molar-refractivity contribution in [1.82, 2.24) is 20.5 Å². The van der Waals surface area contributed by atoms with Gasteiger partial charge in [0.15, 0.2) is 5.82 Å². The Bertz CT molecular complexity index is 1600. The third-order valence-corrected chi connectivity index (χ3v) is 6.71. The molecule has 2 aromatic heterocycles. The van der Waals surface area contributed by atoms with Crippen LogP contribution in [-0.4, -0.2) is 15.2 Å². The van der Waals surface area contributed by atoms with Crippen LogP contribution >= 0.6 is 0 Å². The third-order valence-electron chi connectivity index (χ3n) is 6.71. The van der Waals surface area contributed by atoms with Crippen molar-refractivity contribution in [3.8, 4) is 0 Å². The molecule has 0 amide bonds. The highest BCUT2D eigenvalue weighted by molar-refractivity contribution is 5.95. The van der Waals surface area contributed by atoms with Gasteiger partial charge in [0.1, 0.15) is 11.3 Å². The van der Waals surface area contributed by atoms with E-state index in [2.05, 4.69) is 84.6 Å². The maximum Gasteiger partial charge on any atom is 0.151 e. The first-order valence-corrected chi connectivity index (χ1v) is 13.4. The first kappa shape index (κ1) is 28.6. The van der Waals surface area contributed by atoms with E-state index < -0.39 is 5.82 Å². The van der Waals surface area contributed by atoms with Crippen molar-refractivity contribution in [2.45, 2.75) is 47.5 Å². The molecule has 3 aromatic rings. The second kappa shape index (κ2) is 11.7. The lowest BCUT2D eigenvalue weighted by Crippen LogP contribution is -2.16. The van der Waals surface area contributed by atoms with Crippen molar-refractivity contribution in [2.75, 3.05) is 5.32 Å². The molecule has 0 unspecified atom stereocenters. The topological polar surface area (TPSA) is 65.6 Å². The molecule has 1 aliphatic carbocycles. The summed E-state index contributed by atoms with van der Waals surface area (Å²) in [6, 6.07) is 5.43. The van der Waals surface area contributed by atoms with Crippen LogP contribution in [0, 0.1) is 18.2 Å². The Balaban J connectivity index is 1.64. The molecule has 3 N–H and O–H groups in total. The Morgan fingerprint density at radius 3 is 2.65 bits per heavy atom. The number of nitrogens with zero attached hydrogens (tertiary/aromatic N) is 2. The van der Waals surface area contributed by atoms with Gasteiger partial charge in [-0.25, -0.2) is 9.37 Å². The van der Waals surface area contributed by atoms with Gasteiger partial charge in [0, 0.05) is 23.0 Å². The first-order chi connectivity index (χ1) is 19.0. The van der Waals surface area contributed by atoms with Gasteiger partial charge in [-0.05, 0) is 90.3 Å². The molecule has 1 aromatic carbocycles. The summed E-state index contributed by atoms with van der Waals surface area (Å²) in [5.74, 6) is 0.273. The molecular formula is C34H38FN5. The van der Waals surface area contributed by atoms with E-state index in [1.165, 1.54) is 11.6 Å². The molecule has 5 nitrogen and oxygen atoms in total. The maximum atomic E-state index is 15.3.